The lowest BCUT2D eigenvalue weighted by Crippen LogP contribution is -2.30. The first-order valence-electron chi connectivity index (χ1n) is 3.66. The third kappa shape index (κ3) is 1.73. The molecule has 0 aromatic heterocycles. The molecule has 0 spiro atoms. The van der Waals surface area contributed by atoms with Gasteiger partial charge in [0, 0.05) is 0 Å². The van der Waals surface area contributed by atoms with Crippen molar-refractivity contribution >= 4 is 16.0 Å². The van der Waals surface area contributed by atoms with Gasteiger partial charge in [0.05, 0.1) is 6.04 Å². The molecule has 1 atom stereocenters. The number of nitrogens with one attached hydrogen (secondary N) is 1. The van der Waals surface area contributed by atoms with Crippen molar-refractivity contribution in [3.8, 4) is 0 Å². The Labute approximate surface area is 64.7 Å². The van der Waals surface area contributed by atoms with E-state index in [0.29, 0.717) is 5.12 Å². The zero-order valence-corrected chi connectivity index (χ0v) is 7.45. The van der Waals surface area contributed by atoms with E-state index in [2.05, 4.69) is 5.32 Å². The third-order valence-corrected chi connectivity index (χ3v) is 2.99. The van der Waals surface area contributed by atoms with Crippen LogP contribution in [0.4, 0.5) is 0 Å². The lowest BCUT2D eigenvalue weighted by molar-refractivity contribution is -0.112. The molecule has 1 N–H and O–H groups in total. The van der Waals surface area contributed by atoms with E-state index >= 15 is 0 Å². The van der Waals surface area contributed by atoms with Crippen molar-refractivity contribution in [2.45, 2.75) is 18.9 Å². The summed E-state index contributed by atoms with van der Waals surface area (Å²) in [5.74, 6) is 0. The quantitative estimate of drug-likeness (QED) is 0.549. The molecule has 10 heavy (non-hydrogen) atoms. The fraction of sp³-hybridized carbons (Fsp3) is 0.857. The summed E-state index contributed by atoms with van der Waals surface area (Å²) >= 11 is 0. The standard InChI is InChI=1S/C7H15NOS/c1-10(2)7(9)6-4-3-5-8-6/h6,8,10H,3-5H2,1-2H3/t6-/m0/s1. The topological polar surface area (TPSA) is 29.1 Å². The van der Waals surface area contributed by atoms with Crippen molar-refractivity contribution in [3.05, 3.63) is 0 Å². The van der Waals surface area contributed by atoms with Gasteiger partial charge in [-0.15, -0.1) is 0 Å². The third-order valence-electron chi connectivity index (χ3n) is 1.80. The summed E-state index contributed by atoms with van der Waals surface area (Å²) < 4.78 is 0. The van der Waals surface area contributed by atoms with E-state index in [1.165, 1.54) is 6.42 Å². The van der Waals surface area contributed by atoms with Crippen LogP contribution in [0.1, 0.15) is 12.8 Å². The molecule has 60 valence electrons. The minimum Gasteiger partial charge on any atom is -0.307 e. The summed E-state index contributed by atoms with van der Waals surface area (Å²) in [6.45, 7) is 1.03. The molecule has 1 aliphatic rings. The molecule has 0 amide bonds. The highest BCUT2D eigenvalue weighted by Gasteiger charge is 2.22. The Bertz CT molecular complexity index is 130. The van der Waals surface area contributed by atoms with E-state index in [9.17, 15) is 4.79 Å². The van der Waals surface area contributed by atoms with Gasteiger partial charge in [0.2, 0.25) is 0 Å². The molecule has 1 fully saturated rings. The maximum absolute atomic E-state index is 11.3. The molecule has 0 unspecified atom stereocenters. The molecule has 2 nitrogen and oxygen atoms in total. The van der Waals surface area contributed by atoms with Crippen molar-refractivity contribution in [1.82, 2.24) is 5.32 Å². The van der Waals surface area contributed by atoms with E-state index in [4.69, 9.17) is 0 Å². The maximum atomic E-state index is 11.3. The lowest BCUT2D eigenvalue weighted by Gasteiger charge is -2.13. The minimum absolute atomic E-state index is 0.195. The van der Waals surface area contributed by atoms with Crippen molar-refractivity contribution in [3.63, 3.8) is 0 Å². The number of carbonyl (C=O) groups excluding carboxylic acids is 1. The Morgan fingerprint density at radius 2 is 2.30 bits per heavy atom. The smallest absolute Gasteiger partial charge is 0.185 e. The van der Waals surface area contributed by atoms with Crippen LogP contribution in [0.15, 0.2) is 0 Å². The highest BCUT2D eigenvalue weighted by molar-refractivity contribution is 8.28. The summed E-state index contributed by atoms with van der Waals surface area (Å²) in [5, 5.41) is 3.64. The van der Waals surface area contributed by atoms with Crippen molar-refractivity contribution in [2.24, 2.45) is 0 Å². The van der Waals surface area contributed by atoms with Gasteiger partial charge in [-0.1, -0.05) is 0 Å². The fourth-order valence-corrected chi connectivity index (χ4v) is 2.05. The van der Waals surface area contributed by atoms with Crippen molar-refractivity contribution in [1.29, 1.82) is 0 Å². The molecule has 0 bridgehead atoms. The summed E-state index contributed by atoms with van der Waals surface area (Å²) in [4.78, 5) is 11.3. The first-order valence-corrected chi connectivity index (χ1v) is 5.90. The van der Waals surface area contributed by atoms with Crippen LogP contribution in [0.5, 0.6) is 0 Å². The van der Waals surface area contributed by atoms with Crippen LogP contribution in [-0.4, -0.2) is 30.2 Å². The van der Waals surface area contributed by atoms with Gasteiger partial charge in [-0.3, -0.25) is 4.79 Å². The molecule has 1 rings (SSSR count). The molecule has 1 heterocycles. The number of hydrogen-bond donors (Lipinski definition) is 2. The lowest BCUT2D eigenvalue weighted by atomic mass is 10.2. The monoisotopic (exact) mass is 161 g/mol. The second-order valence-electron chi connectivity index (χ2n) is 2.88. The zero-order valence-electron chi connectivity index (χ0n) is 6.55. The Hall–Kier alpha value is -0.0200. The van der Waals surface area contributed by atoms with Gasteiger partial charge in [-0.2, -0.15) is 10.9 Å². The van der Waals surface area contributed by atoms with Gasteiger partial charge in [-0.25, -0.2) is 0 Å². The first kappa shape index (κ1) is 8.08. The fourth-order valence-electron chi connectivity index (χ4n) is 1.21. The zero-order chi connectivity index (χ0) is 7.56. The average molecular weight is 161 g/mol. The van der Waals surface area contributed by atoms with Crippen LogP contribution in [0.25, 0.3) is 0 Å². The maximum Gasteiger partial charge on any atom is 0.185 e. The minimum atomic E-state index is -0.374. The predicted octanol–water partition coefficient (Wildman–Crippen LogP) is 0.526. The van der Waals surface area contributed by atoms with Crippen LogP contribution in [-0.2, 0) is 4.79 Å². The highest BCUT2D eigenvalue weighted by atomic mass is 32.2. The second kappa shape index (κ2) is 3.39. The van der Waals surface area contributed by atoms with E-state index in [-0.39, 0.29) is 16.9 Å². The molecule has 1 aliphatic heterocycles. The first-order chi connectivity index (χ1) is 4.72. The number of hydrogen-bond acceptors (Lipinski definition) is 2. The second-order valence-corrected chi connectivity index (χ2v) is 5.11. The van der Waals surface area contributed by atoms with E-state index in [0.717, 1.165) is 13.0 Å². The van der Waals surface area contributed by atoms with Crippen LogP contribution < -0.4 is 5.32 Å². The number of rotatable bonds is 1. The normalized spacial score (nSPS) is 26.6. The molecule has 0 aromatic carbocycles. The molecule has 0 saturated carbocycles. The van der Waals surface area contributed by atoms with Gasteiger partial charge < -0.3 is 5.32 Å². The van der Waals surface area contributed by atoms with Gasteiger partial charge in [0.15, 0.2) is 5.12 Å². The van der Waals surface area contributed by atoms with Crippen LogP contribution in [0, 0.1) is 0 Å². The SMILES string of the molecule is C[SH](C)C(=O)[C@@H]1CCCN1. The van der Waals surface area contributed by atoms with E-state index in [1.54, 1.807) is 0 Å². The van der Waals surface area contributed by atoms with Gasteiger partial charge in [-0.05, 0) is 31.9 Å². The molecule has 0 aromatic rings. The summed E-state index contributed by atoms with van der Waals surface area (Å²) in [7, 11) is -0.374. The molecule has 1 saturated heterocycles. The van der Waals surface area contributed by atoms with Gasteiger partial charge in [0.25, 0.3) is 0 Å². The molecule has 0 aliphatic carbocycles. The summed E-state index contributed by atoms with van der Waals surface area (Å²) in [6.07, 6.45) is 6.27. The summed E-state index contributed by atoms with van der Waals surface area (Å²) in [5.41, 5.74) is 0. The molecule has 0 radical (unpaired) electrons. The Morgan fingerprint density at radius 1 is 1.60 bits per heavy atom. The van der Waals surface area contributed by atoms with Crippen LogP contribution in [0.3, 0.4) is 0 Å². The Balaban J connectivity index is 2.40. The molecular formula is C7H15NOS. The van der Waals surface area contributed by atoms with Crippen LogP contribution >= 0.6 is 10.9 Å². The van der Waals surface area contributed by atoms with Gasteiger partial charge in [0.1, 0.15) is 0 Å². The molecule has 3 heteroatoms. The van der Waals surface area contributed by atoms with E-state index < -0.39 is 0 Å². The largest absolute Gasteiger partial charge is 0.307 e. The van der Waals surface area contributed by atoms with Crippen molar-refractivity contribution < 1.29 is 4.79 Å². The van der Waals surface area contributed by atoms with Gasteiger partial charge >= 0.3 is 0 Å². The average Bonchev–Trinajstić information content (AvgIpc) is 2.36. The summed E-state index contributed by atoms with van der Waals surface area (Å²) in [6, 6.07) is 0.195. The Kier molecular flexibility index (Phi) is 2.74. The number of thiol groups is 1. The van der Waals surface area contributed by atoms with E-state index in [1.807, 2.05) is 12.5 Å². The van der Waals surface area contributed by atoms with Crippen molar-refractivity contribution in [2.75, 3.05) is 19.1 Å². The number of carbonyl (C=O) groups is 1. The molecular weight excluding hydrogens is 146 g/mol. The Morgan fingerprint density at radius 3 is 2.70 bits per heavy atom. The van der Waals surface area contributed by atoms with Crippen LogP contribution in [0.2, 0.25) is 0 Å². The predicted molar refractivity (Wildman–Crippen MR) is 46.9 cm³/mol. The highest BCUT2D eigenvalue weighted by Crippen LogP contribution is 2.21.